The van der Waals surface area contributed by atoms with Crippen molar-refractivity contribution in [3.63, 3.8) is 0 Å². The molecule has 27 heavy (non-hydrogen) atoms. The molecule has 0 fully saturated rings. The van der Waals surface area contributed by atoms with Crippen molar-refractivity contribution in [1.82, 2.24) is 0 Å². The highest BCUT2D eigenvalue weighted by molar-refractivity contribution is 6.17. The molecular weight excluding hydrogens is 364 g/mol. The van der Waals surface area contributed by atoms with Crippen LogP contribution in [0.2, 0.25) is 0 Å². The summed E-state index contributed by atoms with van der Waals surface area (Å²) in [5.74, 6) is -0.709. The zero-order valence-electron chi connectivity index (χ0n) is 15.7. The number of halogens is 1. The number of para-hydroxylation sites is 1. The van der Waals surface area contributed by atoms with Crippen LogP contribution in [0.1, 0.15) is 34.8 Å². The van der Waals surface area contributed by atoms with E-state index in [1.807, 2.05) is 24.3 Å². The van der Waals surface area contributed by atoms with Crippen molar-refractivity contribution in [2.45, 2.75) is 26.2 Å². The molecule has 5 heteroatoms. The minimum absolute atomic E-state index is 0.225. The Balaban J connectivity index is 2.36. The molecule has 144 valence electrons. The van der Waals surface area contributed by atoms with Gasteiger partial charge in [0.05, 0.1) is 19.3 Å². The van der Waals surface area contributed by atoms with Crippen molar-refractivity contribution < 1.29 is 19.1 Å². The third-order valence-corrected chi connectivity index (χ3v) is 4.65. The number of carbonyl (C=O) groups is 2. The van der Waals surface area contributed by atoms with Crippen molar-refractivity contribution in [3.8, 4) is 5.75 Å². The lowest BCUT2D eigenvalue weighted by molar-refractivity contribution is -0.146. The average molecular weight is 389 g/mol. The summed E-state index contributed by atoms with van der Waals surface area (Å²) in [5.41, 5.74) is 2.44. The van der Waals surface area contributed by atoms with Crippen molar-refractivity contribution in [2.75, 3.05) is 19.6 Å². The number of esters is 1. The van der Waals surface area contributed by atoms with Crippen molar-refractivity contribution in [2.24, 2.45) is 5.92 Å². The van der Waals surface area contributed by atoms with Gasteiger partial charge in [0.25, 0.3) is 0 Å². The third kappa shape index (κ3) is 5.57. The first-order valence-corrected chi connectivity index (χ1v) is 9.62. The quantitative estimate of drug-likeness (QED) is 0.261. The largest absolute Gasteiger partial charge is 0.496 e. The van der Waals surface area contributed by atoms with Crippen LogP contribution in [0.4, 0.5) is 0 Å². The number of alkyl halides is 1. The van der Waals surface area contributed by atoms with Gasteiger partial charge in [-0.2, -0.15) is 0 Å². The van der Waals surface area contributed by atoms with Crippen LogP contribution in [0.5, 0.6) is 5.75 Å². The Bertz CT molecular complexity index is 772. The average Bonchev–Trinajstić information content (AvgIpc) is 2.70. The predicted molar refractivity (Wildman–Crippen MR) is 107 cm³/mol. The molecule has 0 radical (unpaired) electrons. The Hall–Kier alpha value is -2.33. The Morgan fingerprint density at radius 2 is 1.70 bits per heavy atom. The van der Waals surface area contributed by atoms with Gasteiger partial charge in [0.1, 0.15) is 11.7 Å². The molecule has 1 unspecified atom stereocenters. The minimum atomic E-state index is -0.918. The van der Waals surface area contributed by atoms with E-state index in [9.17, 15) is 9.59 Å². The van der Waals surface area contributed by atoms with Crippen LogP contribution >= 0.6 is 11.6 Å². The highest BCUT2D eigenvalue weighted by Crippen LogP contribution is 2.25. The van der Waals surface area contributed by atoms with E-state index in [-0.39, 0.29) is 18.8 Å². The lowest BCUT2D eigenvalue weighted by Gasteiger charge is -2.18. The first-order chi connectivity index (χ1) is 13.1. The number of ketones is 1. The van der Waals surface area contributed by atoms with Gasteiger partial charge in [-0.05, 0) is 49.4 Å². The summed E-state index contributed by atoms with van der Waals surface area (Å²) in [7, 11) is 1.51. The SMILES string of the molecule is CCOC(=O)C(Cc1ccccc1CCCCl)C(=O)c1ccccc1OC. The molecule has 0 aliphatic rings. The van der Waals surface area contributed by atoms with Crippen LogP contribution in [-0.2, 0) is 22.4 Å². The van der Waals surface area contributed by atoms with Gasteiger partial charge in [-0.25, -0.2) is 0 Å². The first-order valence-electron chi connectivity index (χ1n) is 9.09. The molecule has 4 nitrogen and oxygen atoms in total. The fraction of sp³-hybridized carbons (Fsp3) is 0.364. The molecule has 2 aromatic carbocycles. The number of hydrogen-bond donors (Lipinski definition) is 0. The van der Waals surface area contributed by atoms with Gasteiger partial charge in [-0.1, -0.05) is 36.4 Å². The summed E-state index contributed by atoms with van der Waals surface area (Å²) in [4.78, 5) is 25.8. The normalized spacial score (nSPS) is 11.7. The molecule has 0 spiro atoms. The van der Waals surface area contributed by atoms with Gasteiger partial charge in [-0.15, -0.1) is 11.6 Å². The monoisotopic (exact) mass is 388 g/mol. The summed E-state index contributed by atoms with van der Waals surface area (Å²) in [6.45, 7) is 1.96. The molecule has 0 bridgehead atoms. The van der Waals surface area contributed by atoms with E-state index in [4.69, 9.17) is 21.1 Å². The highest BCUT2D eigenvalue weighted by atomic mass is 35.5. The van der Waals surface area contributed by atoms with Crippen molar-refractivity contribution in [3.05, 3.63) is 65.2 Å². The maximum Gasteiger partial charge on any atom is 0.317 e. The van der Waals surface area contributed by atoms with Gasteiger partial charge >= 0.3 is 5.97 Å². The smallest absolute Gasteiger partial charge is 0.317 e. The van der Waals surface area contributed by atoms with Crippen molar-refractivity contribution in [1.29, 1.82) is 0 Å². The van der Waals surface area contributed by atoms with Crippen LogP contribution in [0.15, 0.2) is 48.5 Å². The standard InChI is InChI=1S/C22H25ClO4/c1-3-27-22(25)19(21(24)18-12-6-7-13-20(18)26-2)15-17-10-5-4-9-16(17)11-8-14-23/h4-7,9-10,12-13,19H,3,8,11,14-15H2,1-2H3. The summed E-state index contributed by atoms with van der Waals surface area (Å²) < 4.78 is 10.5. The molecule has 0 aliphatic carbocycles. The van der Waals surface area contributed by atoms with Crippen LogP contribution in [0, 0.1) is 5.92 Å². The summed E-state index contributed by atoms with van der Waals surface area (Å²) in [5, 5.41) is 0. The number of ether oxygens (including phenoxy) is 2. The maximum absolute atomic E-state index is 13.2. The van der Waals surface area contributed by atoms with Gasteiger partial charge in [-0.3, -0.25) is 9.59 Å². The second-order valence-corrected chi connectivity index (χ2v) is 6.51. The van der Waals surface area contributed by atoms with Crippen LogP contribution in [0.3, 0.4) is 0 Å². The molecule has 1 atom stereocenters. The van der Waals surface area contributed by atoms with E-state index in [0.717, 1.165) is 24.0 Å². The van der Waals surface area contributed by atoms with E-state index in [1.54, 1.807) is 31.2 Å². The Morgan fingerprint density at radius 1 is 1.04 bits per heavy atom. The van der Waals surface area contributed by atoms with Crippen LogP contribution < -0.4 is 4.74 Å². The van der Waals surface area contributed by atoms with E-state index < -0.39 is 11.9 Å². The number of hydrogen-bond acceptors (Lipinski definition) is 4. The minimum Gasteiger partial charge on any atom is -0.496 e. The zero-order chi connectivity index (χ0) is 19.6. The summed E-state index contributed by atoms with van der Waals surface area (Å²) in [6.07, 6.45) is 1.93. The highest BCUT2D eigenvalue weighted by Gasteiger charge is 2.31. The van der Waals surface area contributed by atoms with Gasteiger partial charge in [0.2, 0.25) is 0 Å². The molecule has 2 rings (SSSR count). The molecule has 0 amide bonds. The lowest BCUT2D eigenvalue weighted by Crippen LogP contribution is -2.29. The number of rotatable bonds is 10. The fourth-order valence-electron chi connectivity index (χ4n) is 3.04. The molecule has 0 aliphatic heterocycles. The van der Waals surface area contributed by atoms with Gasteiger partial charge in [0, 0.05) is 5.88 Å². The lowest BCUT2D eigenvalue weighted by atomic mass is 9.88. The van der Waals surface area contributed by atoms with E-state index in [1.165, 1.54) is 7.11 Å². The molecule has 0 aromatic heterocycles. The Kier molecular flexibility index (Phi) is 8.34. The van der Waals surface area contributed by atoms with Gasteiger partial charge < -0.3 is 9.47 Å². The van der Waals surface area contributed by atoms with E-state index >= 15 is 0 Å². The first kappa shape index (κ1) is 21.0. The topological polar surface area (TPSA) is 52.6 Å². The third-order valence-electron chi connectivity index (χ3n) is 4.38. The van der Waals surface area contributed by atoms with E-state index in [2.05, 4.69) is 0 Å². The summed E-state index contributed by atoms with van der Waals surface area (Å²) in [6, 6.07) is 14.8. The van der Waals surface area contributed by atoms with Gasteiger partial charge in [0.15, 0.2) is 5.78 Å². The molecule has 0 N–H and O–H groups in total. The molecule has 0 saturated carbocycles. The van der Waals surface area contributed by atoms with Crippen molar-refractivity contribution >= 4 is 23.4 Å². The molecular formula is C22H25ClO4. The number of aryl methyl sites for hydroxylation is 1. The predicted octanol–water partition coefficient (Wildman–Crippen LogP) is 4.47. The molecule has 0 saturated heterocycles. The molecule has 0 heterocycles. The van der Waals surface area contributed by atoms with E-state index in [0.29, 0.717) is 17.2 Å². The maximum atomic E-state index is 13.2. The Morgan fingerprint density at radius 3 is 2.37 bits per heavy atom. The molecule has 2 aromatic rings. The van der Waals surface area contributed by atoms with Crippen LogP contribution in [0.25, 0.3) is 0 Å². The number of carbonyl (C=O) groups excluding carboxylic acids is 2. The number of benzene rings is 2. The fourth-order valence-corrected chi connectivity index (χ4v) is 3.17. The summed E-state index contributed by atoms with van der Waals surface area (Å²) >= 11 is 5.82. The number of methoxy groups -OCH3 is 1. The Labute approximate surface area is 165 Å². The van der Waals surface area contributed by atoms with Crippen LogP contribution in [-0.4, -0.2) is 31.3 Å². The second kappa shape index (κ2) is 10.7. The number of Topliss-reactive ketones (excluding diaryl/α,β-unsaturated/α-hetero) is 1. The second-order valence-electron chi connectivity index (χ2n) is 6.13. The zero-order valence-corrected chi connectivity index (χ0v) is 16.5.